The van der Waals surface area contributed by atoms with E-state index in [2.05, 4.69) is 15.0 Å². The van der Waals surface area contributed by atoms with Crippen molar-refractivity contribution < 1.29 is 9.52 Å². The van der Waals surface area contributed by atoms with Crippen LogP contribution in [0.3, 0.4) is 0 Å². The van der Waals surface area contributed by atoms with Crippen molar-refractivity contribution >= 4 is 0 Å². The van der Waals surface area contributed by atoms with Gasteiger partial charge >= 0.3 is 0 Å². The molecule has 0 aliphatic rings. The van der Waals surface area contributed by atoms with Crippen molar-refractivity contribution in [2.45, 2.75) is 0 Å². The van der Waals surface area contributed by atoms with Crippen molar-refractivity contribution in [3.8, 4) is 28.7 Å². The summed E-state index contributed by atoms with van der Waals surface area (Å²) < 4.78 is 5.25. The lowest BCUT2D eigenvalue weighted by molar-refractivity contribution is 0.453. The number of pyridine rings is 1. The van der Waals surface area contributed by atoms with Crippen LogP contribution in [-0.2, 0) is 0 Å². The third-order valence-corrected chi connectivity index (χ3v) is 2.44. The number of hydrogen-bond acceptors (Lipinski definition) is 5. The highest BCUT2D eigenvalue weighted by Crippen LogP contribution is 2.21. The van der Waals surface area contributed by atoms with Crippen LogP contribution in [0.4, 0.5) is 0 Å². The van der Waals surface area contributed by atoms with Crippen LogP contribution in [0.25, 0.3) is 22.8 Å². The number of aromatic nitrogens is 3. The fourth-order valence-electron chi connectivity index (χ4n) is 1.58. The zero-order chi connectivity index (χ0) is 12.4. The molecule has 0 saturated heterocycles. The van der Waals surface area contributed by atoms with Gasteiger partial charge in [-0.15, -0.1) is 0 Å². The van der Waals surface area contributed by atoms with Crippen LogP contribution in [0.15, 0.2) is 53.4 Å². The zero-order valence-electron chi connectivity index (χ0n) is 9.32. The highest BCUT2D eigenvalue weighted by molar-refractivity contribution is 5.59. The Morgan fingerprint density at radius 2 is 2.00 bits per heavy atom. The second-order valence-corrected chi connectivity index (χ2v) is 3.65. The molecular weight excluding hydrogens is 230 g/mol. The third-order valence-electron chi connectivity index (χ3n) is 2.44. The van der Waals surface area contributed by atoms with Crippen molar-refractivity contribution in [1.82, 2.24) is 15.0 Å². The van der Waals surface area contributed by atoms with E-state index in [4.69, 9.17) is 4.42 Å². The van der Waals surface area contributed by atoms with Crippen molar-refractivity contribution in [1.29, 1.82) is 0 Å². The topological polar surface area (TPSA) is 72.0 Å². The number of furan rings is 1. The lowest BCUT2D eigenvalue weighted by Gasteiger charge is -2.01. The number of hydrogen-bond donors (Lipinski definition) is 1. The first kappa shape index (κ1) is 10.5. The van der Waals surface area contributed by atoms with Gasteiger partial charge in [0.25, 0.3) is 0 Å². The fraction of sp³-hybridized carbons (Fsp3) is 0. The van der Waals surface area contributed by atoms with Gasteiger partial charge in [0.05, 0.1) is 6.26 Å². The summed E-state index contributed by atoms with van der Waals surface area (Å²) >= 11 is 0. The largest absolute Gasteiger partial charge is 0.493 e. The maximum atomic E-state index is 9.29. The molecule has 0 aliphatic heterocycles. The Kier molecular flexibility index (Phi) is 2.49. The van der Waals surface area contributed by atoms with Gasteiger partial charge in [-0.05, 0) is 24.3 Å². The lowest BCUT2D eigenvalue weighted by atomic mass is 10.2. The molecule has 0 spiro atoms. The Hall–Kier alpha value is -2.69. The normalized spacial score (nSPS) is 10.4. The molecule has 0 aliphatic carbocycles. The molecule has 3 aromatic rings. The molecule has 0 atom stereocenters. The Morgan fingerprint density at radius 3 is 2.67 bits per heavy atom. The summed E-state index contributed by atoms with van der Waals surface area (Å²) in [7, 11) is 0. The Labute approximate surface area is 103 Å². The van der Waals surface area contributed by atoms with Crippen LogP contribution < -0.4 is 0 Å². The molecule has 5 heteroatoms. The molecule has 3 heterocycles. The molecule has 0 amide bonds. The Morgan fingerprint density at radius 1 is 1.06 bits per heavy atom. The first-order valence-corrected chi connectivity index (χ1v) is 5.35. The van der Waals surface area contributed by atoms with Crippen LogP contribution in [0.1, 0.15) is 0 Å². The SMILES string of the molecule is Oc1ccnc(-c2ccc(-c3ccco3)nc2)n1. The van der Waals surface area contributed by atoms with E-state index in [1.54, 1.807) is 12.5 Å². The Balaban J connectivity index is 1.96. The van der Waals surface area contributed by atoms with Crippen molar-refractivity contribution in [2.24, 2.45) is 0 Å². The van der Waals surface area contributed by atoms with Crippen LogP contribution in [0.2, 0.25) is 0 Å². The van der Waals surface area contributed by atoms with Gasteiger partial charge in [-0.2, -0.15) is 4.98 Å². The van der Waals surface area contributed by atoms with Crippen LogP contribution >= 0.6 is 0 Å². The van der Waals surface area contributed by atoms with E-state index in [1.165, 1.54) is 12.3 Å². The highest BCUT2D eigenvalue weighted by Gasteiger charge is 2.05. The number of rotatable bonds is 2. The molecule has 0 unspecified atom stereocenters. The average molecular weight is 239 g/mol. The van der Waals surface area contributed by atoms with Gasteiger partial charge in [-0.3, -0.25) is 4.98 Å². The average Bonchev–Trinajstić information content (AvgIpc) is 2.93. The molecular formula is C13H9N3O2. The minimum Gasteiger partial charge on any atom is -0.493 e. The third kappa shape index (κ3) is 1.93. The van der Waals surface area contributed by atoms with Crippen molar-refractivity contribution in [2.75, 3.05) is 0 Å². The molecule has 3 aromatic heterocycles. The first-order valence-electron chi connectivity index (χ1n) is 5.35. The van der Waals surface area contributed by atoms with Crippen LogP contribution in [0.5, 0.6) is 5.88 Å². The second-order valence-electron chi connectivity index (χ2n) is 3.65. The summed E-state index contributed by atoms with van der Waals surface area (Å²) in [4.78, 5) is 12.3. The van der Waals surface area contributed by atoms with Gasteiger partial charge < -0.3 is 9.52 Å². The quantitative estimate of drug-likeness (QED) is 0.743. The van der Waals surface area contributed by atoms with Gasteiger partial charge in [0, 0.05) is 24.0 Å². The van der Waals surface area contributed by atoms with Crippen LogP contribution in [0, 0.1) is 0 Å². The molecule has 0 aromatic carbocycles. The highest BCUT2D eigenvalue weighted by atomic mass is 16.3. The molecule has 18 heavy (non-hydrogen) atoms. The predicted molar refractivity (Wildman–Crippen MR) is 64.6 cm³/mol. The molecule has 3 rings (SSSR count). The van der Waals surface area contributed by atoms with Gasteiger partial charge in [-0.25, -0.2) is 4.98 Å². The molecule has 0 bridgehead atoms. The van der Waals surface area contributed by atoms with Crippen LogP contribution in [-0.4, -0.2) is 20.1 Å². The smallest absolute Gasteiger partial charge is 0.214 e. The minimum absolute atomic E-state index is 0.0601. The first-order chi connectivity index (χ1) is 8.83. The zero-order valence-corrected chi connectivity index (χ0v) is 9.32. The van der Waals surface area contributed by atoms with E-state index in [9.17, 15) is 5.11 Å². The summed E-state index contributed by atoms with van der Waals surface area (Å²) in [5.41, 5.74) is 1.48. The monoisotopic (exact) mass is 239 g/mol. The molecule has 1 N–H and O–H groups in total. The van der Waals surface area contributed by atoms with E-state index in [-0.39, 0.29) is 5.88 Å². The predicted octanol–water partition coefficient (Wildman–Crippen LogP) is 2.50. The molecule has 0 fully saturated rings. The standard InChI is InChI=1S/C13H9N3O2/c17-12-5-6-14-13(16-12)9-3-4-10(15-8-9)11-2-1-7-18-11/h1-8H,(H,14,16,17). The summed E-state index contributed by atoms with van der Waals surface area (Å²) in [6.45, 7) is 0. The minimum atomic E-state index is -0.0601. The number of nitrogens with zero attached hydrogens (tertiary/aromatic N) is 3. The molecule has 88 valence electrons. The van der Waals surface area contributed by atoms with Crippen molar-refractivity contribution in [3.05, 3.63) is 49.0 Å². The lowest BCUT2D eigenvalue weighted by Crippen LogP contribution is -1.89. The Bertz CT molecular complexity index is 648. The summed E-state index contributed by atoms with van der Waals surface area (Å²) in [6, 6.07) is 8.73. The van der Waals surface area contributed by atoms with E-state index >= 15 is 0 Å². The van der Waals surface area contributed by atoms with Gasteiger partial charge in [0.1, 0.15) is 5.69 Å². The second kappa shape index (κ2) is 4.29. The molecule has 0 saturated carbocycles. The van der Waals surface area contributed by atoms with Gasteiger partial charge in [0.2, 0.25) is 5.88 Å². The summed E-state index contributed by atoms with van der Waals surface area (Å²) in [6.07, 6.45) is 4.74. The molecule has 0 radical (unpaired) electrons. The summed E-state index contributed by atoms with van der Waals surface area (Å²) in [5.74, 6) is 1.09. The maximum absolute atomic E-state index is 9.29. The van der Waals surface area contributed by atoms with E-state index in [1.807, 2.05) is 24.3 Å². The number of aromatic hydroxyl groups is 1. The van der Waals surface area contributed by atoms with E-state index in [0.29, 0.717) is 11.6 Å². The van der Waals surface area contributed by atoms with Crippen molar-refractivity contribution in [3.63, 3.8) is 0 Å². The van der Waals surface area contributed by atoms with Gasteiger partial charge in [-0.1, -0.05) is 0 Å². The van der Waals surface area contributed by atoms with E-state index < -0.39 is 0 Å². The van der Waals surface area contributed by atoms with Gasteiger partial charge in [0.15, 0.2) is 11.6 Å². The maximum Gasteiger partial charge on any atom is 0.214 e. The molecule has 5 nitrogen and oxygen atoms in total. The summed E-state index contributed by atoms with van der Waals surface area (Å²) in [5, 5.41) is 9.29. The fourth-order valence-corrected chi connectivity index (χ4v) is 1.58. The van der Waals surface area contributed by atoms with E-state index in [0.717, 1.165) is 11.3 Å².